The summed E-state index contributed by atoms with van der Waals surface area (Å²) in [6, 6.07) is 16.6. The van der Waals surface area contributed by atoms with Crippen LogP contribution in [0.15, 0.2) is 78.4 Å². The number of hydrogen-bond donors (Lipinski definition) is 1. The molecule has 13 heteroatoms. The number of fused-ring (bicyclic) bond motifs is 4. The summed E-state index contributed by atoms with van der Waals surface area (Å²) in [7, 11) is 1.40. The van der Waals surface area contributed by atoms with Gasteiger partial charge in [-0.05, 0) is 79.4 Å². The fourth-order valence-corrected chi connectivity index (χ4v) is 9.52. The first-order valence-corrected chi connectivity index (χ1v) is 17.2. The van der Waals surface area contributed by atoms with Crippen molar-refractivity contribution < 1.29 is 38.1 Å². The molecule has 3 aliphatic heterocycles. The van der Waals surface area contributed by atoms with Crippen molar-refractivity contribution in [2.75, 3.05) is 48.1 Å². The Bertz CT molecular complexity index is 1970. The van der Waals surface area contributed by atoms with Crippen molar-refractivity contribution in [3.63, 3.8) is 0 Å². The van der Waals surface area contributed by atoms with Crippen molar-refractivity contribution in [2.24, 2.45) is 17.8 Å². The Morgan fingerprint density at radius 3 is 2.16 bits per heavy atom. The number of allylic oxidation sites excluding steroid dienone is 2. The van der Waals surface area contributed by atoms with Gasteiger partial charge in [-0.15, -0.1) is 23.2 Å². The molecule has 1 N–H and O–H groups in total. The zero-order chi connectivity index (χ0) is 35.1. The molecule has 4 amide bonds. The number of rotatable bonds is 5. The maximum atomic E-state index is 14.6. The molecule has 5 aliphatic rings. The average molecular weight is 721 g/mol. The van der Waals surface area contributed by atoms with Gasteiger partial charge < -0.3 is 19.5 Å². The summed E-state index contributed by atoms with van der Waals surface area (Å²) in [5, 5.41) is 11.3. The van der Waals surface area contributed by atoms with Gasteiger partial charge in [-0.1, -0.05) is 17.7 Å². The van der Waals surface area contributed by atoms with Gasteiger partial charge in [0.15, 0.2) is 9.75 Å². The minimum absolute atomic E-state index is 0.0625. The molecule has 258 valence electrons. The number of morpholine rings is 1. The first-order chi connectivity index (χ1) is 24.0. The summed E-state index contributed by atoms with van der Waals surface area (Å²) in [6.45, 7) is 2.68. The molecule has 3 heterocycles. The smallest absolute Gasteiger partial charge is 0.258 e. The highest BCUT2D eigenvalue weighted by Gasteiger charge is 2.77. The lowest BCUT2D eigenvalue weighted by atomic mass is 9.56. The summed E-state index contributed by atoms with van der Waals surface area (Å²) >= 11 is 14.8. The van der Waals surface area contributed by atoms with Crippen LogP contribution in [0.2, 0.25) is 0 Å². The maximum absolute atomic E-state index is 14.6. The Kier molecular flexibility index (Phi) is 7.74. The largest absolute Gasteiger partial charge is 0.508 e. The van der Waals surface area contributed by atoms with E-state index in [4.69, 9.17) is 32.7 Å². The van der Waals surface area contributed by atoms with E-state index in [1.807, 2.05) is 12.1 Å². The number of alkyl halides is 2. The number of carbonyl (C=O) groups excluding carboxylic acids is 4. The summed E-state index contributed by atoms with van der Waals surface area (Å²) in [4.78, 5) is 57.4. The van der Waals surface area contributed by atoms with E-state index < -0.39 is 57.0 Å². The zero-order valence-corrected chi connectivity index (χ0v) is 28.4. The molecule has 50 heavy (non-hydrogen) atoms. The Hall–Kier alpha value is -4.45. The molecular weight excluding hydrogens is 688 g/mol. The minimum atomic E-state index is -2.21. The van der Waals surface area contributed by atoms with Crippen LogP contribution in [-0.4, -0.2) is 71.9 Å². The van der Waals surface area contributed by atoms with Crippen LogP contribution >= 0.6 is 23.2 Å². The highest BCUT2D eigenvalue weighted by Crippen LogP contribution is 2.67. The summed E-state index contributed by atoms with van der Waals surface area (Å²) in [6.07, 6.45) is 1.70. The van der Waals surface area contributed by atoms with Gasteiger partial charge >= 0.3 is 0 Å². The summed E-state index contributed by atoms with van der Waals surface area (Å²) in [5.41, 5.74) is 2.06. The predicted octanol–water partition coefficient (Wildman–Crippen LogP) is 5.14. The number of methoxy groups -OCH3 is 1. The molecule has 10 nitrogen and oxygen atoms in total. The van der Waals surface area contributed by atoms with Gasteiger partial charge in [0.1, 0.15) is 17.3 Å². The summed E-state index contributed by atoms with van der Waals surface area (Å²) in [5.74, 6) is -6.93. The second-order valence-electron chi connectivity index (χ2n) is 13.3. The molecule has 0 bridgehead atoms. The number of amides is 4. The second-order valence-corrected chi connectivity index (χ2v) is 14.5. The van der Waals surface area contributed by atoms with Gasteiger partial charge in [-0.3, -0.25) is 24.1 Å². The minimum Gasteiger partial charge on any atom is -0.508 e. The molecule has 0 aromatic heterocycles. The zero-order valence-electron chi connectivity index (χ0n) is 26.9. The number of anilines is 3. The van der Waals surface area contributed by atoms with Crippen molar-refractivity contribution in [1.82, 2.24) is 0 Å². The lowest BCUT2D eigenvalue weighted by Gasteiger charge is -2.50. The number of benzene rings is 3. The third-order valence-corrected chi connectivity index (χ3v) is 12.3. The molecule has 6 unspecified atom stereocenters. The highest BCUT2D eigenvalue weighted by molar-refractivity contribution is 6.58. The highest BCUT2D eigenvalue weighted by atomic mass is 35.5. The van der Waals surface area contributed by atoms with Crippen LogP contribution in [-0.2, 0) is 23.9 Å². The topological polar surface area (TPSA) is 117 Å². The number of phenols is 1. The Balaban J connectivity index is 1.23. The number of phenolic OH excluding ortho intramolecular Hbond substituents is 1. The van der Waals surface area contributed by atoms with Gasteiger partial charge in [0, 0.05) is 30.3 Å². The number of halogens is 3. The van der Waals surface area contributed by atoms with Gasteiger partial charge in [0.05, 0.1) is 43.5 Å². The van der Waals surface area contributed by atoms with Crippen molar-refractivity contribution >= 4 is 63.9 Å². The molecule has 3 saturated heterocycles. The van der Waals surface area contributed by atoms with Crippen molar-refractivity contribution in [1.29, 1.82) is 0 Å². The van der Waals surface area contributed by atoms with Crippen LogP contribution in [0.25, 0.3) is 0 Å². The molecule has 0 radical (unpaired) electrons. The molecule has 0 spiro atoms. The molecule has 4 fully saturated rings. The van der Waals surface area contributed by atoms with Crippen LogP contribution in [0.4, 0.5) is 21.5 Å². The molecule has 3 aromatic carbocycles. The number of imide groups is 2. The third kappa shape index (κ3) is 4.49. The molecule has 6 atom stereocenters. The molecular formula is C37H32Cl2FN3O7. The van der Waals surface area contributed by atoms with E-state index in [0.717, 1.165) is 35.8 Å². The molecule has 8 rings (SSSR count). The van der Waals surface area contributed by atoms with Gasteiger partial charge in [0.2, 0.25) is 11.8 Å². The van der Waals surface area contributed by atoms with Crippen LogP contribution in [0.5, 0.6) is 11.5 Å². The SMILES string of the molecule is COc1cccc(O)c1C1C2=CCC3C(=O)N(c4ccc(N5CCOCC5)cc4)C(=O)C3C2CC2(Cl)C(=O)N(c3ccc(F)cc3)C(=O)C12Cl. The van der Waals surface area contributed by atoms with E-state index in [2.05, 4.69) is 4.90 Å². The number of ether oxygens (including phenoxy) is 2. The van der Waals surface area contributed by atoms with Crippen molar-refractivity contribution in [2.45, 2.75) is 28.5 Å². The average Bonchev–Trinajstić information content (AvgIpc) is 3.47. The van der Waals surface area contributed by atoms with Crippen LogP contribution < -0.4 is 19.4 Å². The first kappa shape index (κ1) is 32.7. The Morgan fingerprint density at radius 1 is 0.840 bits per heavy atom. The number of nitrogens with zero attached hydrogens (tertiary/aromatic N) is 3. The lowest BCUT2D eigenvalue weighted by Crippen LogP contribution is -2.60. The third-order valence-electron chi connectivity index (χ3n) is 10.9. The maximum Gasteiger partial charge on any atom is 0.258 e. The van der Waals surface area contributed by atoms with Gasteiger partial charge in [0.25, 0.3) is 11.8 Å². The van der Waals surface area contributed by atoms with Crippen molar-refractivity contribution in [3.8, 4) is 11.5 Å². The number of carbonyl (C=O) groups is 4. The first-order valence-electron chi connectivity index (χ1n) is 16.4. The van der Waals surface area contributed by atoms with E-state index >= 15 is 0 Å². The van der Waals surface area contributed by atoms with Gasteiger partial charge in [-0.25, -0.2) is 9.29 Å². The van der Waals surface area contributed by atoms with Crippen LogP contribution in [0, 0.1) is 23.6 Å². The quantitative estimate of drug-likeness (QED) is 0.219. The number of hydrogen-bond acceptors (Lipinski definition) is 8. The fourth-order valence-electron chi connectivity index (χ4n) is 8.61. The molecule has 3 aromatic rings. The Morgan fingerprint density at radius 2 is 1.48 bits per heavy atom. The molecule has 2 aliphatic carbocycles. The fraction of sp³-hybridized carbons (Fsp3) is 0.351. The summed E-state index contributed by atoms with van der Waals surface area (Å²) < 4.78 is 25.0. The van der Waals surface area contributed by atoms with E-state index in [-0.39, 0.29) is 41.5 Å². The van der Waals surface area contributed by atoms with Crippen molar-refractivity contribution in [3.05, 3.63) is 89.8 Å². The van der Waals surface area contributed by atoms with Gasteiger partial charge in [-0.2, -0.15) is 0 Å². The lowest BCUT2D eigenvalue weighted by molar-refractivity contribution is -0.125. The monoisotopic (exact) mass is 719 g/mol. The van der Waals surface area contributed by atoms with Crippen LogP contribution in [0.3, 0.4) is 0 Å². The normalized spacial score (nSPS) is 30.6. The number of aromatic hydroxyl groups is 1. The molecule has 1 saturated carbocycles. The Labute approximate surface area is 296 Å². The van der Waals surface area contributed by atoms with E-state index in [1.54, 1.807) is 30.3 Å². The van der Waals surface area contributed by atoms with Crippen LogP contribution in [0.1, 0.15) is 24.3 Å². The van der Waals surface area contributed by atoms with E-state index in [0.29, 0.717) is 24.5 Å². The van der Waals surface area contributed by atoms with E-state index in [1.165, 1.54) is 30.2 Å². The predicted molar refractivity (Wildman–Crippen MR) is 183 cm³/mol. The standard InChI is InChI=1S/C37H32Cl2FN3O7/c1-49-28-4-2-3-27(44)30(28)31-24-13-14-25-29(33(46)42(32(25)45)22-11-9-21(10-12-22)41-15-17-50-18-16-41)26(24)19-36(38)34(47)43(35(48)37(31,36)39)23-7-5-20(40)6-8-23/h2-13,25-26,29,31,44H,14-19H2,1H3. The van der Waals surface area contributed by atoms with E-state index in [9.17, 15) is 28.7 Å². The second kappa shape index (κ2) is 11.8.